The number of esters is 1. The lowest BCUT2D eigenvalue weighted by atomic mass is 10.1. The molecule has 2 aromatic carbocycles. The van der Waals surface area contributed by atoms with E-state index in [2.05, 4.69) is 5.10 Å². The fourth-order valence-corrected chi connectivity index (χ4v) is 3.25. The lowest BCUT2D eigenvalue weighted by Crippen LogP contribution is -2.25. The molecule has 1 aromatic heterocycles. The number of carbonyl (C=O) groups excluding carboxylic acids is 2. The number of amides is 1. The number of hydrogen-bond acceptors (Lipinski definition) is 4. The highest BCUT2D eigenvalue weighted by molar-refractivity contribution is 6.31. The Labute approximate surface area is 179 Å². The third kappa shape index (κ3) is 5.15. The van der Waals surface area contributed by atoms with Crippen molar-refractivity contribution in [1.29, 1.82) is 0 Å². The van der Waals surface area contributed by atoms with E-state index in [1.165, 1.54) is 17.7 Å². The maximum absolute atomic E-state index is 12.3. The minimum Gasteiger partial charge on any atom is -0.444 e. The maximum Gasteiger partial charge on any atom is 0.331 e. The van der Waals surface area contributed by atoms with Crippen LogP contribution in [0.1, 0.15) is 34.1 Å². The van der Waals surface area contributed by atoms with Crippen molar-refractivity contribution in [3.8, 4) is 0 Å². The van der Waals surface area contributed by atoms with Crippen molar-refractivity contribution in [1.82, 2.24) is 9.78 Å². The van der Waals surface area contributed by atoms with E-state index in [9.17, 15) is 9.59 Å². The van der Waals surface area contributed by atoms with E-state index in [1.54, 1.807) is 41.9 Å². The number of nitrogens with two attached hydrogens (primary N) is 1. The molecule has 0 radical (unpaired) electrons. The predicted octanol–water partition coefficient (Wildman–Crippen LogP) is 3.98. The van der Waals surface area contributed by atoms with Gasteiger partial charge in [0.05, 0.1) is 12.2 Å². The van der Waals surface area contributed by atoms with E-state index in [1.807, 2.05) is 31.2 Å². The minimum absolute atomic E-state index is 0.409. The molecule has 0 bridgehead atoms. The lowest BCUT2D eigenvalue weighted by Gasteiger charge is -2.13. The van der Waals surface area contributed by atoms with Gasteiger partial charge in [-0.3, -0.25) is 4.79 Å². The predicted molar refractivity (Wildman–Crippen MR) is 116 cm³/mol. The molecule has 2 N–H and O–H groups in total. The highest BCUT2D eigenvalue weighted by atomic mass is 35.5. The third-order valence-electron chi connectivity index (χ3n) is 4.54. The molecule has 1 atom stereocenters. The number of aryl methyl sites for hydroxylation is 2. The fraction of sp³-hybridized carbons (Fsp3) is 0.174. The number of aromatic nitrogens is 2. The van der Waals surface area contributed by atoms with Gasteiger partial charge in [0.25, 0.3) is 5.91 Å². The second kappa shape index (κ2) is 9.41. The number of nitrogens with zero attached hydrogens (tertiary/aromatic N) is 2. The topological polar surface area (TPSA) is 87.2 Å². The summed E-state index contributed by atoms with van der Waals surface area (Å²) in [6.07, 6.45) is 1.58. The second-order valence-corrected chi connectivity index (χ2v) is 7.25. The van der Waals surface area contributed by atoms with Crippen LogP contribution >= 0.6 is 11.6 Å². The maximum atomic E-state index is 12.3. The Bertz CT molecular complexity index is 1070. The first-order valence-corrected chi connectivity index (χ1v) is 9.74. The quantitative estimate of drug-likeness (QED) is 0.460. The van der Waals surface area contributed by atoms with Crippen LogP contribution in [0.25, 0.3) is 6.08 Å². The van der Waals surface area contributed by atoms with Crippen LogP contribution in [0.3, 0.4) is 0 Å². The van der Waals surface area contributed by atoms with Crippen LogP contribution in [0.4, 0.5) is 0 Å². The highest BCUT2D eigenvalue weighted by Gasteiger charge is 2.21. The Kier molecular flexibility index (Phi) is 6.69. The van der Waals surface area contributed by atoms with Crippen LogP contribution in [0.5, 0.6) is 0 Å². The molecule has 0 aliphatic carbocycles. The Morgan fingerprint density at radius 2 is 1.80 bits per heavy atom. The van der Waals surface area contributed by atoms with Crippen LogP contribution in [-0.2, 0) is 20.9 Å². The molecule has 6 nitrogen and oxygen atoms in total. The molecule has 0 spiro atoms. The number of rotatable bonds is 7. The molecule has 0 fully saturated rings. The van der Waals surface area contributed by atoms with Crippen molar-refractivity contribution in [3.05, 3.63) is 93.8 Å². The molecule has 1 amide bonds. The number of carbonyl (C=O) groups is 2. The van der Waals surface area contributed by atoms with E-state index in [4.69, 9.17) is 22.1 Å². The Morgan fingerprint density at radius 3 is 2.43 bits per heavy atom. The molecule has 0 saturated carbocycles. The molecular formula is C23H22ClN3O3. The SMILES string of the molecule is Cc1ccc(Cn2nc(C)c(/C=C/C(=O)OC(C(N)=O)c3ccccc3)c2Cl)cc1. The van der Waals surface area contributed by atoms with Gasteiger partial charge in [0.1, 0.15) is 5.15 Å². The average molecular weight is 424 g/mol. The van der Waals surface area contributed by atoms with Crippen LogP contribution in [0.2, 0.25) is 5.15 Å². The van der Waals surface area contributed by atoms with Crippen molar-refractivity contribution in [2.45, 2.75) is 26.5 Å². The molecule has 3 rings (SSSR count). The molecule has 1 unspecified atom stereocenters. The summed E-state index contributed by atoms with van der Waals surface area (Å²) in [7, 11) is 0. The van der Waals surface area contributed by atoms with Gasteiger partial charge in [-0.25, -0.2) is 9.48 Å². The lowest BCUT2D eigenvalue weighted by molar-refractivity contribution is -0.150. The molecule has 0 aliphatic rings. The summed E-state index contributed by atoms with van der Waals surface area (Å²) < 4.78 is 6.91. The normalized spacial score (nSPS) is 12.1. The van der Waals surface area contributed by atoms with Crippen LogP contribution in [0.15, 0.2) is 60.7 Å². The first-order valence-electron chi connectivity index (χ1n) is 9.36. The van der Waals surface area contributed by atoms with E-state index in [-0.39, 0.29) is 0 Å². The van der Waals surface area contributed by atoms with Gasteiger partial charge in [0, 0.05) is 17.2 Å². The van der Waals surface area contributed by atoms with Crippen LogP contribution in [0, 0.1) is 13.8 Å². The van der Waals surface area contributed by atoms with Gasteiger partial charge < -0.3 is 10.5 Å². The number of halogens is 1. The van der Waals surface area contributed by atoms with Crippen molar-refractivity contribution in [2.24, 2.45) is 5.73 Å². The summed E-state index contributed by atoms with van der Waals surface area (Å²) in [4.78, 5) is 24.0. The molecule has 154 valence electrons. The largest absolute Gasteiger partial charge is 0.444 e. The molecule has 0 saturated heterocycles. The highest BCUT2D eigenvalue weighted by Crippen LogP contribution is 2.23. The standard InChI is InChI=1S/C23H22ClN3O3/c1-15-8-10-17(11-9-15)14-27-22(24)19(16(2)26-27)12-13-20(28)30-21(23(25)29)18-6-4-3-5-7-18/h3-13,21H,14H2,1-2H3,(H2,25,29)/b13-12+. The van der Waals surface area contributed by atoms with Crippen LogP contribution in [-0.4, -0.2) is 21.7 Å². The van der Waals surface area contributed by atoms with Gasteiger partial charge in [-0.05, 0) is 25.5 Å². The van der Waals surface area contributed by atoms with E-state index in [0.29, 0.717) is 28.5 Å². The molecule has 30 heavy (non-hydrogen) atoms. The third-order valence-corrected chi connectivity index (χ3v) is 4.94. The Morgan fingerprint density at radius 1 is 1.13 bits per heavy atom. The van der Waals surface area contributed by atoms with Crippen LogP contribution < -0.4 is 5.73 Å². The number of benzene rings is 2. The average Bonchev–Trinajstić information content (AvgIpc) is 2.99. The number of ether oxygens (including phenoxy) is 1. The van der Waals surface area contributed by atoms with E-state index < -0.39 is 18.0 Å². The summed E-state index contributed by atoms with van der Waals surface area (Å²) in [6.45, 7) is 4.34. The summed E-state index contributed by atoms with van der Waals surface area (Å²) >= 11 is 6.47. The zero-order valence-corrected chi connectivity index (χ0v) is 17.5. The van der Waals surface area contributed by atoms with Crippen molar-refractivity contribution < 1.29 is 14.3 Å². The van der Waals surface area contributed by atoms with Gasteiger partial charge in [-0.1, -0.05) is 71.8 Å². The first-order chi connectivity index (χ1) is 14.3. The van der Waals surface area contributed by atoms with Crippen molar-refractivity contribution >= 4 is 29.6 Å². The molecule has 1 heterocycles. The summed E-state index contributed by atoms with van der Waals surface area (Å²) in [5, 5.41) is 4.86. The van der Waals surface area contributed by atoms with Gasteiger partial charge in [-0.2, -0.15) is 5.10 Å². The zero-order valence-electron chi connectivity index (χ0n) is 16.7. The minimum atomic E-state index is -1.16. The molecular weight excluding hydrogens is 402 g/mol. The van der Waals surface area contributed by atoms with Crippen molar-refractivity contribution in [3.63, 3.8) is 0 Å². The summed E-state index contributed by atoms with van der Waals surface area (Å²) in [6, 6.07) is 16.7. The fourth-order valence-electron chi connectivity index (χ4n) is 2.95. The van der Waals surface area contributed by atoms with E-state index >= 15 is 0 Å². The summed E-state index contributed by atoms with van der Waals surface area (Å²) in [5.41, 5.74) is 9.41. The van der Waals surface area contributed by atoms with Gasteiger partial charge in [0.15, 0.2) is 0 Å². The number of primary amides is 1. The monoisotopic (exact) mass is 423 g/mol. The number of hydrogen-bond donors (Lipinski definition) is 1. The first kappa shape index (κ1) is 21.3. The van der Waals surface area contributed by atoms with Gasteiger partial charge in [-0.15, -0.1) is 0 Å². The Hall–Kier alpha value is -3.38. The van der Waals surface area contributed by atoms with Gasteiger partial charge >= 0.3 is 5.97 Å². The summed E-state index contributed by atoms with van der Waals surface area (Å²) in [5.74, 6) is -1.45. The Balaban J connectivity index is 1.73. The van der Waals surface area contributed by atoms with Crippen molar-refractivity contribution in [2.75, 3.05) is 0 Å². The molecule has 7 heteroatoms. The van der Waals surface area contributed by atoms with E-state index in [0.717, 1.165) is 5.56 Å². The smallest absolute Gasteiger partial charge is 0.331 e. The molecule has 3 aromatic rings. The van der Waals surface area contributed by atoms with Gasteiger partial charge in [0.2, 0.25) is 6.10 Å². The zero-order chi connectivity index (χ0) is 21.7. The molecule has 0 aliphatic heterocycles. The second-order valence-electron chi connectivity index (χ2n) is 6.90.